The lowest BCUT2D eigenvalue weighted by Crippen LogP contribution is -1.96. The van der Waals surface area contributed by atoms with Crippen LogP contribution < -0.4 is 0 Å². The molecule has 5 heteroatoms. The molecular formula is C10H12ClN3S. The number of pyridine rings is 1. The average molecular weight is 242 g/mol. The summed E-state index contributed by atoms with van der Waals surface area (Å²) in [7, 11) is 0. The highest BCUT2D eigenvalue weighted by molar-refractivity contribution is 7.98. The number of nitrogens with zero attached hydrogens (tertiary/aromatic N) is 3. The van der Waals surface area contributed by atoms with E-state index >= 15 is 0 Å². The molecule has 0 radical (unpaired) electrons. The molecule has 0 N–H and O–H groups in total. The molecule has 80 valence electrons. The Labute approximate surface area is 97.9 Å². The summed E-state index contributed by atoms with van der Waals surface area (Å²) in [6.07, 6.45) is 4.94. The van der Waals surface area contributed by atoms with E-state index in [1.54, 1.807) is 11.8 Å². The second-order valence-corrected chi connectivity index (χ2v) is 4.44. The molecule has 0 amide bonds. The van der Waals surface area contributed by atoms with E-state index in [9.17, 15) is 0 Å². The van der Waals surface area contributed by atoms with E-state index in [1.807, 2.05) is 18.6 Å². The van der Waals surface area contributed by atoms with Crippen LogP contribution in [0.3, 0.4) is 0 Å². The first-order valence-electron chi connectivity index (χ1n) is 4.81. The van der Waals surface area contributed by atoms with Crippen molar-refractivity contribution < 1.29 is 0 Å². The Kier molecular flexibility index (Phi) is 3.17. The number of aryl methyl sites for hydroxylation is 1. The van der Waals surface area contributed by atoms with Gasteiger partial charge in [-0.15, -0.1) is 11.8 Å². The van der Waals surface area contributed by atoms with Crippen molar-refractivity contribution in [2.75, 3.05) is 6.26 Å². The van der Waals surface area contributed by atoms with E-state index in [4.69, 9.17) is 11.6 Å². The van der Waals surface area contributed by atoms with Crippen LogP contribution in [0.15, 0.2) is 17.4 Å². The smallest absolute Gasteiger partial charge is 0.132 e. The molecule has 0 bridgehead atoms. The van der Waals surface area contributed by atoms with Crippen LogP contribution in [0.4, 0.5) is 0 Å². The molecule has 0 saturated carbocycles. The van der Waals surface area contributed by atoms with Gasteiger partial charge >= 0.3 is 0 Å². The normalized spacial score (nSPS) is 11.1. The zero-order chi connectivity index (χ0) is 10.8. The van der Waals surface area contributed by atoms with Gasteiger partial charge in [-0.1, -0.05) is 18.5 Å². The van der Waals surface area contributed by atoms with Crippen molar-refractivity contribution in [3.63, 3.8) is 0 Å². The summed E-state index contributed by atoms with van der Waals surface area (Å²) in [6, 6.07) is 1.81. The van der Waals surface area contributed by atoms with Crippen molar-refractivity contribution in [2.24, 2.45) is 0 Å². The van der Waals surface area contributed by atoms with E-state index < -0.39 is 0 Å². The van der Waals surface area contributed by atoms with E-state index in [1.165, 1.54) is 0 Å². The van der Waals surface area contributed by atoms with Crippen LogP contribution in [0.25, 0.3) is 11.0 Å². The number of imidazole rings is 1. The molecule has 3 nitrogen and oxygen atoms in total. The van der Waals surface area contributed by atoms with Crippen molar-refractivity contribution in [3.05, 3.63) is 17.5 Å². The molecule has 0 aliphatic rings. The van der Waals surface area contributed by atoms with Gasteiger partial charge in [-0.25, -0.2) is 9.97 Å². The van der Waals surface area contributed by atoms with Crippen LogP contribution in [0.2, 0.25) is 5.15 Å². The van der Waals surface area contributed by atoms with Gasteiger partial charge in [0.2, 0.25) is 0 Å². The molecule has 0 fully saturated rings. The van der Waals surface area contributed by atoms with Gasteiger partial charge in [0, 0.05) is 12.6 Å². The van der Waals surface area contributed by atoms with Gasteiger partial charge in [-0.3, -0.25) is 0 Å². The summed E-state index contributed by atoms with van der Waals surface area (Å²) in [5, 5.41) is 1.46. The quantitative estimate of drug-likeness (QED) is 0.611. The van der Waals surface area contributed by atoms with Crippen molar-refractivity contribution >= 4 is 34.4 Å². The van der Waals surface area contributed by atoms with Crippen LogP contribution in [0.5, 0.6) is 0 Å². The number of aromatic nitrogens is 3. The molecule has 0 atom stereocenters. The minimum absolute atomic E-state index is 0.508. The second-order valence-electron chi connectivity index (χ2n) is 3.26. The lowest BCUT2D eigenvalue weighted by Gasteiger charge is -2.04. The highest BCUT2D eigenvalue weighted by atomic mass is 35.5. The monoisotopic (exact) mass is 241 g/mol. The molecule has 2 rings (SSSR count). The summed E-state index contributed by atoms with van der Waals surface area (Å²) >= 11 is 7.52. The first kappa shape index (κ1) is 10.8. The highest BCUT2D eigenvalue weighted by Crippen LogP contribution is 2.26. The summed E-state index contributed by atoms with van der Waals surface area (Å²) < 4.78 is 2.13. The third-order valence-corrected chi connectivity index (χ3v) is 3.06. The summed E-state index contributed by atoms with van der Waals surface area (Å²) in [4.78, 5) is 8.63. The number of halogens is 1. The Hall–Kier alpha value is -0.740. The molecule has 0 unspecified atom stereocenters. The lowest BCUT2D eigenvalue weighted by molar-refractivity contribution is 0.692. The number of thioether (sulfide) groups is 1. The van der Waals surface area contributed by atoms with Gasteiger partial charge in [0.1, 0.15) is 15.7 Å². The Morgan fingerprint density at radius 1 is 1.53 bits per heavy atom. The second kappa shape index (κ2) is 4.41. The Morgan fingerprint density at radius 2 is 2.33 bits per heavy atom. The predicted octanol–water partition coefficient (Wildman–Crippen LogP) is 3.22. The van der Waals surface area contributed by atoms with Crippen molar-refractivity contribution in [3.8, 4) is 0 Å². The highest BCUT2D eigenvalue weighted by Gasteiger charge is 2.09. The lowest BCUT2D eigenvalue weighted by atomic mass is 10.4. The van der Waals surface area contributed by atoms with E-state index in [0.717, 1.165) is 29.0 Å². The molecule has 0 saturated heterocycles. The fourth-order valence-corrected chi connectivity index (χ4v) is 2.43. The Morgan fingerprint density at radius 3 is 3.00 bits per heavy atom. The number of fused-ring (bicyclic) bond motifs is 1. The van der Waals surface area contributed by atoms with Crippen LogP contribution in [-0.2, 0) is 6.54 Å². The van der Waals surface area contributed by atoms with Crippen LogP contribution in [-0.4, -0.2) is 20.8 Å². The van der Waals surface area contributed by atoms with E-state index in [2.05, 4.69) is 21.5 Å². The number of hydrogen-bond donors (Lipinski definition) is 0. The summed E-state index contributed by atoms with van der Waals surface area (Å²) in [6.45, 7) is 3.11. The standard InChI is InChI=1S/C10H12ClN3S/c1-3-4-14-6-12-7-5-8(11)13-10(15-2)9(7)14/h5-6H,3-4H2,1-2H3. The van der Waals surface area contributed by atoms with Gasteiger partial charge in [0.05, 0.1) is 11.8 Å². The van der Waals surface area contributed by atoms with Crippen molar-refractivity contribution in [1.29, 1.82) is 0 Å². The molecule has 0 spiro atoms. The largest absolute Gasteiger partial charge is 0.328 e. The van der Waals surface area contributed by atoms with E-state index in [-0.39, 0.29) is 0 Å². The zero-order valence-corrected chi connectivity index (χ0v) is 10.3. The zero-order valence-electron chi connectivity index (χ0n) is 8.70. The first-order valence-corrected chi connectivity index (χ1v) is 6.42. The fraction of sp³-hybridized carbons (Fsp3) is 0.400. The predicted molar refractivity (Wildman–Crippen MR) is 64.6 cm³/mol. The third kappa shape index (κ3) is 1.96. The minimum Gasteiger partial charge on any atom is -0.328 e. The van der Waals surface area contributed by atoms with Gasteiger partial charge < -0.3 is 4.57 Å². The molecule has 2 heterocycles. The fourth-order valence-electron chi connectivity index (χ4n) is 1.58. The maximum absolute atomic E-state index is 5.92. The van der Waals surface area contributed by atoms with Crippen LogP contribution in [0, 0.1) is 0 Å². The van der Waals surface area contributed by atoms with Crippen LogP contribution in [0.1, 0.15) is 13.3 Å². The summed E-state index contributed by atoms with van der Waals surface area (Å²) in [5.41, 5.74) is 2.02. The maximum atomic E-state index is 5.92. The third-order valence-electron chi connectivity index (χ3n) is 2.19. The molecule has 15 heavy (non-hydrogen) atoms. The van der Waals surface area contributed by atoms with Gasteiger partial charge in [-0.05, 0) is 12.7 Å². The molecule has 2 aromatic rings. The van der Waals surface area contributed by atoms with Crippen molar-refractivity contribution in [2.45, 2.75) is 24.9 Å². The maximum Gasteiger partial charge on any atom is 0.132 e. The van der Waals surface area contributed by atoms with Gasteiger partial charge in [0.15, 0.2) is 0 Å². The summed E-state index contributed by atoms with van der Waals surface area (Å²) in [5.74, 6) is 0. The Balaban J connectivity index is 2.66. The van der Waals surface area contributed by atoms with Crippen molar-refractivity contribution in [1.82, 2.24) is 14.5 Å². The van der Waals surface area contributed by atoms with E-state index in [0.29, 0.717) is 5.15 Å². The van der Waals surface area contributed by atoms with Gasteiger partial charge in [-0.2, -0.15) is 0 Å². The molecule has 0 aromatic carbocycles. The number of hydrogen-bond acceptors (Lipinski definition) is 3. The molecular weight excluding hydrogens is 230 g/mol. The SMILES string of the molecule is CCCn1cnc2cc(Cl)nc(SC)c21. The topological polar surface area (TPSA) is 30.7 Å². The molecule has 0 aliphatic heterocycles. The average Bonchev–Trinajstić information content (AvgIpc) is 2.61. The van der Waals surface area contributed by atoms with Gasteiger partial charge in [0.25, 0.3) is 0 Å². The molecule has 2 aromatic heterocycles. The minimum atomic E-state index is 0.508. The molecule has 0 aliphatic carbocycles. The Bertz CT molecular complexity index is 481. The van der Waals surface area contributed by atoms with Crippen LogP contribution >= 0.6 is 23.4 Å². The first-order chi connectivity index (χ1) is 7.26. The number of rotatable bonds is 3.